The topological polar surface area (TPSA) is 121 Å². The molecule has 6 rings (SSSR count). The number of rotatable bonds is 12. The number of allylic oxidation sites excluding steroid dienone is 4. The maximum atomic E-state index is 11.3. The minimum absolute atomic E-state index is 0. The summed E-state index contributed by atoms with van der Waals surface area (Å²) in [5, 5.41) is 4.64. The SMILES string of the molecule is CC1(C)C(/C=C/C=C2/N(CCCCS(=O)(=O)[O-])c3ccc4ccccc4c3C2(C)C)=[N+](CCCCS(=O)(=O)[O-])c2ccc3ccccc3c21.[Na+]. The molecule has 0 radical (unpaired) electrons. The van der Waals surface area contributed by atoms with Crippen LogP contribution in [-0.2, 0) is 31.1 Å². The van der Waals surface area contributed by atoms with Crippen LogP contribution in [0.5, 0.6) is 0 Å². The third kappa shape index (κ3) is 7.67. The van der Waals surface area contributed by atoms with Crippen LogP contribution in [0.25, 0.3) is 21.5 Å². The number of benzene rings is 4. The van der Waals surface area contributed by atoms with E-state index in [-0.39, 0.29) is 64.7 Å². The minimum atomic E-state index is -4.29. The molecule has 0 aromatic heterocycles. The van der Waals surface area contributed by atoms with E-state index in [2.05, 4.69) is 104 Å². The molecule has 0 N–H and O–H groups in total. The quantitative estimate of drug-likeness (QED) is 0.0928. The second kappa shape index (κ2) is 14.7. The maximum Gasteiger partial charge on any atom is 1.00 e. The van der Waals surface area contributed by atoms with Crippen LogP contribution in [-0.4, -0.2) is 60.8 Å². The van der Waals surface area contributed by atoms with Gasteiger partial charge in [0.1, 0.15) is 6.54 Å². The van der Waals surface area contributed by atoms with E-state index >= 15 is 0 Å². The summed E-state index contributed by atoms with van der Waals surface area (Å²) in [6.07, 6.45) is 8.04. The number of unbranched alkanes of at least 4 members (excludes halogenated alkanes) is 2. The van der Waals surface area contributed by atoms with Crippen molar-refractivity contribution in [3.8, 4) is 0 Å². The van der Waals surface area contributed by atoms with Crippen molar-refractivity contribution >= 4 is 58.9 Å². The monoisotopic (exact) mass is 722 g/mol. The summed E-state index contributed by atoms with van der Waals surface area (Å²) in [4.78, 5) is 2.26. The summed E-state index contributed by atoms with van der Waals surface area (Å²) >= 11 is 0. The fraction of sp³-hybridized carbons (Fsp3) is 0.359. The minimum Gasteiger partial charge on any atom is -0.748 e. The number of fused-ring (bicyclic) bond motifs is 6. The van der Waals surface area contributed by atoms with Crippen molar-refractivity contribution in [2.75, 3.05) is 29.5 Å². The molecule has 0 atom stereocenters. The standard InChI is InChI=1S/C39H44N2O6S2.Na/c1-38(2)34(40(24-9-11-26-48(42,43)44)32-22-20-28-14-5-7-16-30(28)36(32)38)18-13-19-35-39(3,4)37-31-17-8-6-15-29(31)21-23-33(37)41(35)25-10-12-27-49(45,46)47;/h5-8,13-23H,9-12,24-27H2,1-4H3,(H-,42,43,44,45,46,47);/q;+1/p-1. The average molecular weight is 723 g/mol. The zero-order valence-electron chi connectivity index (χ0n) is 29.5. The molecule has 0 fully saturated rings. The predicted octanol–water partition coefficient (Wildman–Crippen LogP) is 4.26. The van der Waals surface area contributed by atoms with Crippen molar-refractivity contribution in [3.63, 3.8) is 0 Å². The summed E-state index contributed by atoms with van der Waals surface area (Å²) < 4.78 is 70.2. The first kappa shape index (κ1) is 38.4. The van der Waals surface area contributed by atoms with Gasteiger partial charge in [0.25, 0.3) is 0 Å². The summed E-state index contributed by atoms with van der Waals surface area (Å²) in [5.74, 6) is -0.764. The Morgan fingerprint density at radius 2 is 1.26 bits per heavy atom. The van der Waals surface area contributed by atoms with E-state index in [1.165, 1.54) is 21.9 Å². The molecule has 0 unspecified atom stereocenters. The van der Waals surface area contributed by atoms with Crippen molar-refractivity contribution in [2.45, 2.75) is 64.2 Å². The van der Waals surface area contributed by atoms with Gasteiger partial charge < -0.3 is 14.0 Å². The molecule has 0 saturated carbocycles. The molecule has 4 aromatic carbocycles. The normalized spacial score (nSPS) is 17.6. The van der Waals surface area contributed by atoms with Crippen molar-refractivity contribution < 1.29 is 60.1 Å². The summed E-state index contributed by atoms with van der Waals surface area (Å²) in [6.45, 7) is 9.99. The average Bonchev–Trinajstić information content (AvgIpc) is 3.39. The first-order chi connectivity index (χ1) is 23.1. The Labute approximate surface area is 318 Å². The molecule has 258 valence electrons. The van der Waals surface area contributed by atoms with Crippen molar-refractivity contribution in [3.05, 3.63) is 108 Å². The van der Waals surface area contributed by atoms with Gasteiger partial charge in [-0.05, 0) is 78.4 Å². The summed E-state index contributed by atoms with van der Waals surface area (Å²) in [5.41, 5.74) is 5.99. The second-order valence-electron chi connectivity index (χ2n) is 14.1. The Hall–Kier alpha value is -2.83. The predicted molar refractivity (Wildman–Crippen MR) is 196 cm³/mol. The maximum absolute atomic E-state index is 11.3. The van der Waals surface area contributed by atoms with Gasteiger partial charge >= 0.3 is 29.6 Å². The fourth-order valence-corrected chi connectivity index (χ4v) is 9.00. The smallest absolute Gasteiger partial charge is 0.748 e. The van der Waals surface area contributed by atoms with Crippen LogP contribution in [0.2, 0.25) is 0 Å². The molecule has 0 amide bonds. The Balaban J connectivity index is 0.00000486. The Morgan fingerprint density at radius 3 is 1.88 bits per heavy atom. The molecule has 0 bridgehead atoms. The molecule has 4 aromatic rings. The van der Waals surface area contributed by atoms with Crippen LogP contribution in [0, 0.1) is 0 Å². The molecule has 0 spiro atoms. The van der Waals surface area contributed by atoms with Crippen LogP contribution >= 0.6 is 0 Å². The van der Waals surface area contributed by atoms with E-state index in [4.69, 9.17) is 0 Å². The van der Waals surface area contributed by atoms with Crippen LogP contribution < -0.4 is 34.5 Å². The number of nitrogens with zero attached hydrogens (tertiary/aromatic N) is 2. The van der Waals surface area contributed by atoms with Crippen LogP contribution in [0.1, 0.15) is 64.5 Å². The Kier molecular flexibility index (Phi) is 11.3. The van der Waals surface area contributed by atoms with Crippen molar-refractivity contribution in [1.82, 2.24) is 0 Å². The van der Waals surface area contributed by atoms with Gasteiger partial charge in [-0.15, -0.1) is 0 Å². The largest absolute Gasteiger partial charge is 1.00 e. The van der Waals surface area contributed by atoms with E-state index in [0.717, 1.165) is 33.6 Å². The molecule has 2 aliphatic rings. The third-order valence-electron chi connectivity index (χ3n) is 10.1. The van der Waals surface area contributed by atoms with Gasteiger partial charge in [-0.1, -0.05) is 74.5 Å². The molecule has 50 heavy (non-hydrogen) atoms. The zero-order valence-corrected chi connectivity index (χ0v) is 33.1. The van der Waals surface area contributed by atoms with Crippen LogP contribution in [0.15, 0.2) is 96.7 Å². The van der Waals surface area contributed by atoms with Gasteiger partial charge in [-0.3, -0.25) is 0 Å². The number of anilines is 1. The molecule has 2 aliphatic heterocycles. The van der Waals surface area contributed by atoms with Crippen LogP contribution in [0.3, 0.4) is 0 Å². The van der Waals surface area contributed by atoms with Gasteiger partial charge in [0.05, 0.1) is 25.7 Å². The van der Waals surface area contributed by atoms with E-state index < -0.39 is 20.2 Å². The Morgan fingerprint density at radius 1 is 0.700 bits per heavy atom. The number of hydrogen-bond donors (Lipinski definition) is 0. The molecule has 0 saturated heterocycles. The van der Waals surface area contributed by atoms with Gasteiger partial charge in [-0.2, -0.15) is 4.58 Å². The van der Waals surface area contributed by atoms with E-state index in [9.17, 15) is 25.9 Å². The first-order valence-corrected chi connectivity index (χ1v) is 20.0. The molecule has 0 aliphatic carbocycles. The van der Waals surface area contributed by atoms with Crippen LogP contribution in [0.4, 0.5) is 11.4 Å². The third-order valence-corrected chi connectivity index (χ3v) is 11.6. The molecular formula is C39H43N2NaO6S2. The molecule has 11 heteroatoms. The Bertz CT molecular complexity index is 2260. The number of hydrogen-bond acceptors (Lipinski definition) is 7. The fourth-order valence-electron chi connectivity index (χ4n) is 7.88. The van der Waals surface area contributed by atoms with Gasteiger partial charge in [0.15, 0.2) is 5.71 Å². The summed E-state index contributed by atoms with van der Waals surface area (Å²) in [6, 6.07) is 25.2. The first-order valence-electron chi connectivity index (χ1n) is 16.8. The van der Waals surface area contributed by atoms with Gasteiger partial charge in [-0.25, -0.2) is 16.8 Å². The summed E-state index contributed by atoms with van der Waals surface area (Å²) in [7, 11) is -8.57. The zero-order chi connectivity index (χ0) is 35.2. The van der Waals surface area contributed by atoms with E-state index in [1.54, 1.807) is 0 Å². The van der Waals surface area contributed by atoms with Crippen molar-refractivity contribution in [1.29, 1.82) is 0 Å². The van der Waals surface area contributed by atoms with Gasteiger partial charge in [0, 0.05) is 59.0 Å². The molecule has 2 heterocycles. The van der Waals surface area contributed by atoms with Crippen molar-refractivity contribution in [2.24, 2.45) is 0 Å². The van der Waals surface area contributed by atoms with E-state index in [0.29, 0.717) is 25.9 Å². The van der Waals surface area contributed by atoms with E-state index in [1.807, 2.05) is 24.3 Å². The van der Waals surface area contributed by atoms with Gasteiger partial charge in [0.2, 0.25) is 5.69 Å². The second-order valence-corrected chi connectivity index (χ2v) is 17.2. The molecular weight excluding hydrogens is 680 g/mol. The molecule has 8 nitrogen and oxygen atoms in total.